The summed E-state index contributed by atoms with van der Waals surface area (Å²) in [5, 5.41) is 0. The second-order valence-electron chi connectivity index (χ2n) is 4.18. The molecule has 0 bridgehead atoms. The van der Waals surface area contributed by atoms with Crippen molar-refractivity contribution in [3.63, 3.8) is 0 Å². The van der Waals surface area contributed by atoms with Crippen LogP contribution in [-0.2, 0) is 0 Å². The fourth-order valence-electron chi connectivity index (χ4n) is 1.90. The Kier molecular flexibility index (Phi) is 4.37. The summed E-state index contributed by atoms with van der Waals surface area (Å²) in [5.74, 6) is 1.55. The highest BCUT2D eigenvalue weighted by Crippen LogP contribution is 2.42. The topological polar surface area (TPSA) is 62.9 Å². The number of rotatable bonds is 5. The van der Waals surface area contributed by atoms with E-state index in [-0.39, 0.29) is 11.4 Å². The second-order valence-corrected chi connectivity index (χ2v) is 4.18. The Labute approximate surface area is 122 Å². The van der Waals surface area contributed by atoms with Crippen LogP contribution in [0.2, 0.25) is 0 Å². The number of methoxy groups -OCH3 is 3. The maximum atomic E-state index is 13.3. The zero-order chi connectivity index (χ0) is 15.4. The van der Waals surface area contributed by atoms with Crippen molar-refractivity contribution >= 4 is 5.69 Å². The Bertz CT molecular complexity index is 600. The number of anilines is 1. The van der Waals surface area contributed by atoms with E-state index in [0.717, 1.165) is 0 Å². The van der Waals surface area contributed by atoms with Crippen molar-refractivity contribution in [2.75, 3.05) is 27.1 Å². The summed E-state index contributed by atoms with van der Waals surface area (Å²) in [7, 11) is 4.51. The Hall–Kier alpha value is -2.63. The molecule has 0 radical (unpaired) electrons. The van der Waals surface area contributed by atoms with Gasteiger partial charge in [-0.1, -0.05) is 0 Å². The van der Waals surface area contributed by atoms with Gasteiger partial charge in [-0.3, -0.25) is 0 Å². The van der Waals surface area contributed by atoms with Gasteiger partial charge in [0.25, 0.3) is 0 Å². The first-order valence-electron chi connectivity index (χ1n) is 6.11. The molecule has 0 unspecified atom stereocenters. The largest absolute Gasteiger partial charge is 0.493 e. The van der Waals surface area contributed by atoms with E-state index in [9.17, 15) is 4.39 Å². The number of halogens is 1. The lowest BCUT2D eigenvalue weighted by atomic mass is 10.2. The van der Waals surface area contributed by atoms with Gasteiger partial charge in [-0.25, -0.2) is 4.39 Å². The molecule has 0 aliphatic rings. The Morgan fingerprint density at radius 2 is 1.38 bits per heavy atom. The molecule has 0 spiro atoms. The van der Waals surface area contributed by atoms with Crippen LogP contribution in [0.1, 0.15) is 0 Å². The molecule has 0 fully saturated rings. The minimum Gasteiger partial charge on any atom is -0.493 e. The highest BCUT2D eigenvalue weighted by molar-refractivity contribution is 5.57. The highest BCUT2D eigenvalue weighted by atomic mass is 19.1. The van der Waals surface area contributed by atoms with Crippen LogP contribution in [0.25, 0.3) is 0 Å². The van der Waals surface area contributed by atoms with E-state index in [1.165, 1.54) is 39.5 Å². The number of benzene rings is 2. The van der Waals surface area contributed by atoms with Gasteiger partial charge in [0.1, 0.15) is 17.3 Å². The molecule has 2 N–H and O–H groups in total. The molecule has 0 aliphatic heterocycles. The van der Waals surface area contributed by atoms with Gasteiger partial charge in [0.15, 0.2) is 11.5 Å². The minimum atomic E-state index is -0.475. The van der Waals surface area contributed by atoms with E-state index in [2.05, 4.69) is 0 Å². The Morgan fingerprint density at radius 3 is 1.86 bits per heavy atom. The van der Waals surface area contributed by atoms with E-state index >= 15 is 0 Å². The molecule has 0 amide bonds. The first kappa shape index (κ1) is 14.8. The third kappa shape index (κ3) is 3.28. The molecule has 0 saturated heterocycles. The summed E-state index contributed by atoms with van der Waals surface area (Å²) in [6.45, 7) is 0. The van der Waals surface area contributed by atoms with Gasteiger partial charge in [-0.05, 0) is 6.07 Å². The van der Waals surface area contributed by atoms with Crippen molar-refractivity contribution in [1.82, 2.24) is 0 Å². The van der Waals surface area contributed by atoms with Crippen LogP contribution in [-0.4, -0.2) is 21.3 Å². The van der Waals surface area contributed by atoms with Crippen LogP contribution in [0.4, 0.5) is 10.1 Å². The number of nitrogen functional groups attached to an aromatic ring is 1. The maximum Gasteiger partial charge on any atom is 0.203 e. The lowest BCUT2D eigenvalue weighted by Crippen LogP contribution is -1.96. The van der Waals surface area contributed by atoms with Crippen molar-refractivity contribution < 1.29 is 23.3 Å². The SMILES string of the molecule is COc1cc(Oc2cc(N)cc(F)c2)cc(OC)c1OC. The predicted molar refractivity (Wildman–Crippen MR) is 77.0 cm³/mol. The van der Waals surface area contributed by atoms with Gasteiger partial charge < -0.3 is 24.7 Å². The van der Waals surface area contributed by atoms with Crippen molar-refractivity contribution in [3.05, 3.63) is 36.1 Å². The lowest BCUT2D eigenvalue weighted by Gasteiger charge is -2.14. The van der Waals surface area contributed by atoms with E-state index in [1.807, 2.05) is 0 Å². The van der Waals surface area contributed by atoms with Crippen molar-refractivity contribution in [2.24, 2.45) is 0 Å². The van der Waals surface area contributed by atoms with Crippen LogP contribution in [0.3, 0.4) is 0 Å². The van der Waals surface area contributed by atoms with Crippen molar-refractivity contribution in [1.29, 1.82) is 0 Å². The molecule has 6 heteroatoms. The van der Waals surface area contributed by atoms with Gasteiger partial charge in [0.2, 0.25) is 5.75 Å². The summed E-state index contributed by atoms with van der Waals surface area (Å²) in [4.78, 5) is 0. The van der Waals surface area contributed by atoms with Crippen LogP contribution < -0.4 is 24.7 Å². The third-order valence-electron chi connectivity index (χ3n) is 2.77. The molecule has 0 aromatic heterocycles. The molecular formula is C15H16FNO4. The van der Waals surface area contributed by atoms with Gasteiger partial charge in [0.05, 0.1) is 21.3 Å². The highest BCUT2D eigenvalue weighted by Gasteiger charge is 2.14. The number of nitrogens with two attached hydrogens (primary N) is 1. The molecule has 2 aromatic rings. The quantitative estimate of drug-likeness (QED) is 0.857. The fourth-order valence-corrected chi connectivity index (χ4v) is 1.90. The minimum absolute atomic E-state index is 0.275. The van der Waals surface area contributed by atoms with Crippen molar-refractivity contribution in [3.8, 4) is 28.7 Å². The average molecular weight is 293 g/mol. The molecular weight excluding hydrogens is 277 g/mol. The molecule has 5 nitrogen and oxygen atoms in total. The Morgan fingerprint density at radius 1 is 0.810 bits per heavy atom. The van der Waals surface area contributed by atoms with Gasteiger partial charge in [-0.2, -0.15) is 0 Å². The van der Waals surface area contributed by atoms with E-state index in [4.69, 9.17) is 24.7 Å². The molecule has 0 saturated carbocycles. The summed E-state index contributed by atoms with van der Waals surface area (Å²) >= 11 is 0. The summed E-state index contributed by atoms with van der Waals surface area (Å²) in [6.07, 6.45) is 0. The van der Waals surface area contributed by atoms with E-state index in [1.54, 1.807) is 12.1 Å². The monoisotopic (exact) mass is 293 g/mol. The Balaban J connectivity index is 2.40. The number of hydrogen-bond acceptors (Lipinski definition) is 5. The maximum absolute atomic E-state index is 13.3. The predicted octanol–water partition coefficient (Wildman–Crippen LogP) is 3.23. The lowest BCUT2D eigenvalue weighted by molar-refractivity contribution is 0.321. The zero-order valence-corrected chi connectivity index (χ0v) is 12.0. The molecule has 2 aromatic carbocycles. The third-order valence-corrected chi connectivity index (χ3v) is 2.77. The normalized spacial score (nSPS) is 10.1. The second kappa shape index (κ2) is 6.21. The van der Waals surface area contributed by atoms with Crippen LogP contribution in [0.5, 0.6) is 28.7 Å². The number of ether oxygens (including phenoxy) is 4. The van der Waals surface area contributed by atoms with Gasteiger partial charge in [-0.15, -0.1) is 0 Å². The first-order valence-corrected chi connectivity index (χ1v) is 6.11. The first-order chi connectivity index (χ1) is 10.1. The number of hydrogen-bond donors (Lipinski definition) is 1. The molecule has 21 heavy (non-hydrogen) atoms. The standard InChI is InChI=1S/C15H16FNO4/c1-18-13-7-12(8-14(19-2)15(13)20-3)21-11-5-9(16)4-10(17)6-11/h4-8H,17H2,1-3H3. The van der Waals surface area contributed by atoms with E-state index in [0.29, 0.717) is 23.0 Å². The fraction of sp³-hybridized carbons (Fsp3) is 0.200. The molecule has 0 aliphatic carbocycles. The van der Waals surface area contributed by atoms with E-state index < -0.39 is 5.82 Å². The van der Waals surface area contributed by atoms with Crippen LogP contribution >= 0.6 is 0 Å². The molecule has 112 valence electrons. The zero-order valence-electron chi connectivity index (χ0n) is 12.0. The average Bonchev–Trinajstić information content (AvgIpc) is 2.45. The van der Waals surface area contributed by atoms with Crippen LogP contribution in [0, 0.1) is 5.82 Å². The summed E-state index contributed by atoms with van der Waals surface area (Å²) in [5.41, 5.74) is 5.86. The molecule has 2 rings (SSSR count). The molecule has 0 atom stereocenters. The van der Waals surface area contributed by atoms with Crippen molar-refractivity contribution in [2.45, 2.75) is 0 Å². The van der Waals surface area contributed by atoms with Gasteiger partial charge >= 0.3 is 0 Å². The van der Waals surface area contributed by atoms with Gasteiger partial charge in [0, 0.05) is 30.0 Å². The summed E-state index contributed by atoms with van der Waals surface area (Å²) in [6, 6.07) is 7.19. The smallest absolute Gasteiger partial charge is 0.203 e. The summed E-state index contributed by atoms with van der Waals surface area (Å²) < 4.78 is 34.6. The van der Waals surface area contributed by atoms with Crippen LogP contribution in [0.15, 0.2) is 30.3 Å². The molecule has 0 heterocycles.